The van der Waals surface area contributed by atoms with Gasteiger partial charge in [-0.05, 0) is 74.0 Å². The summed E-state index contributed by atoms with van der Waals surface area (Å²) in [6, 6.07) is 5.50. The van der Waals surface area contributed by atoms with E-state index in [0.29, 0.717) is 52.1 Å². The van der Waals surface area contributed by atoms with Crippen molar-refractivity contribution in [2.24, 2.45) is 23.7 Å². The summed E-state index contributed by atoms with van der Waals surface area (Å²) in [7, 11) is 0. The molecule has 0 saturated heterocycles. The lowest BCUT2D eigenvalue weighted by Gasteiger charge is -2.47. The van der Waals surface area contributed by atoms with Crippen molar-refractivity contribution in [3.8, 4) is 17.3 Å². The van der Waals surface area contributed by atoms with Gasteiger partial charge in [-0.15, -0.1) is 0 Å². The van der Waals surface area contributed by atoms with Gasteiger partial charge in [-0.25, -0.2) is 19.3 Å². The summed E-state index contributed by atoms with van der Waals surface area (Å²) in [6.45, 7) is 2.34. The summed E-state index contributed by atoms with van der Waals surface area (Å²) < 4.78 is 17.5. The van der Waals surface area contributed by atoms with Crippen LogP contribution in [0.1, 0.15) is 38.3 Å². The lowest BCUT2D eigenvalue weighted by molar-refractivity contribution is 0.0334. The van der Waals surface area contributed by atoms with E-state index < -0.39 is 0 Å². The quantitative estimate of drug-likeness (QED) is 0.438. The number of H-pyrrole nitrogens is 1. The minimum absolute atomic E-state index is 0.251. The molecule has 0 aliphatic heterocycles. The van der Waals surface area contributed by atoms with Crippen molar-refractivity contribution in [1.82, 2.24) is 29.7 Å². The molecule has 0 aromatic carbocycles. The summed E-state index contributed by atoms with van der Waals surface area (Å²) in [5.74, 6) is 2.75. The second kappa shape index (κ2) is 7.66. The van der Waals surface area contributed by atoms with Crippen LogP contribution >= 0.6 is 11.6 Å². The Labute approximate surface area is 190 Å². The number of nitrogens with zero attached hydrogens (tertiary/aromatic N) is 5. The minimum atomic E-state index is -0.349. The number of pyridine rings is 1. The molecule has 6 nitrogen and oxygen atoms in total. The van der Waals surface area contributed by atoms with Crippen LogP contribution in [0.25, 0.3) is 28.4 Å². The molecule has 32 heavy (non-hydrogen) atoms. The van der Waals surface area contributed by atoms with Crippen LogP contribution in [-0.2, 0) is 6.42 Å². The van der Waals surface area contributed by atoms with Gasteiger partial charge in [0, 0.05) is 18.6 Å². The van der Waals surface area contributed by atoms with Crippen LogP contribution in [0.3, 0.4) is 0 Å². The van der Waals surface area contributed by atoms with Gasteiger partial charge in [-0.1, -0.05) is 18.5 Å². The van der Waals surface area contributed by atoms with Crippen molar-refractivity contribution >= 4 is 22.6 Å². The molecule has 0 amide bonds. The van der Waals surface area contributed by atoms with Gasteiger partial charge < -0.3 is 4.57 Å². The first-order chi connectivity index (χ1) is 15.6. The van der Waals surface area contributed by atoms with Gasteiger partial charge in [0.05, 0.1) is 16.1 Å². The van der Waals surface area contributed by atoms with Crippen LogP contribution in [0, 0.1) is 29.5 Å². The topological polar surface area (TPSA) is 72.3 Å². The first-order valence-electron chi connectivity index (χ1n) is 11.3. The maximum atomic E-state index is 15.8. The van der Waals surface area contributed by atoms with Gasteiger partial charge in [-0.3, -0.25) is 5.10 Å². The highest BCUT2D eigenvalue weighted by molar-refractivity contribution is 6.31. The number of hydrogen-bond donors (Lipinski definition) is 1. The Bertz CT molecular complexity index is 1270. The Morgan fingerprint density at radius 2 is 1.88 bits per heavy atom. The van der Waals surface area contributed by atoms with E-state index in [4.69, 9.17) is 16.6 Å². The predicted octanol–water partition coefficient (Wildman–Crippen LogP) is 5.61. The van der Waals surface area contributed by atoms with Crippen molar-refractivity contribution in [3.05, 3.63) is 53.3 Å². The number of aromatic nitrogens is 6. The van der Waals surface area contributed by atoms with Crippen molar-refractivity contribution in [3.63, 3.8) is 0 Å². The lowest BCUT2D eigenvalue weighted by Crippen LogP contribution is -2.39. The third kappa shape index (κ3) is 3.22. The largest absolute Gasteiger partial charge is 0.306 e. The van der Waals surface area contributed by atoms with Gasteiger partial charge in [0.15, 0.2) is 23.1 Å². The molecular formula is C24H24ClFN6. The molecule has 0 spiro atoms. The number of hydrogen-bond acceptors (Lipinski definition) is 4. The Morgan fingerprint density at radius 3 is 2.62 bits per heavy atom. The summed E-state index contributed by atoms with van der Waals surface area (Å²) in [5.41, 5.74) is 1.60. The fraction of sp³-hybridized carbons (Fsp3) is 0.417. The van der Waals surface area contributed by atoms with Crippen molar-refractivity contribution in [2.75, 3.05) is 0 Å². The third-order valence-corrected chi connectivity index (χ3v) is 7.83. The normalized spacial score (nSPS) is 25.0. The SMILES string of the molecule is CC1C2CCC(CC2)C1Cc1nc(-c2[nH]nc3ncc(Cl)cc23)nc(-n2cccc2)c1F. The lowest BCUT2D eigenvalue weighted by atomic mass is 9.58. The molecule has 1 N–H and O–H groups in total. The molecule has 2 atom stereocenters. The molecule has 3 aliphatic rings. The van der Waals surface area contributed by atoms with Crippen LogP contribution in [0.5, 0.6) is 0 Å². The van der Waals surface area contributed by atoms with Crippen molar-refractivity contribution in [1.29, 1.82) is 0 Å². The van der Waals surface area contributed by atoms with Crippen LogP contribution in [0.4, 0.5) is 4.39 Å². The molecule has 0 radical (unpaired) electrons. The van der Waals surface area contributed by atoms with Gasteiger partial charge >= 0.3 is 0 Å². The number of rotatable bonds is 4. The first-order valence-corrected chi connectivity index (χ1v) is 11.7. The molecule has 2 unspecified atom stereocenters. The van der Waals surface area contributed by atoms with E-state index >= 15 is 4.39 Å². The maximum Gasteiger partial charge on any atom is 0.187 e. The molecule has 2 bridgehead atoms. The van der Waals surface area contributed by atoms with Crippen LogP contribution in [0.15, 0.2) is 36.8 Å². The van der Waals surface area contributed by atoms with E-state index in [9.17, 15) is 0 Å². The number of aromatic amines is 1. The molecule has 8 heteroatoms. The molecule has 3 fully saturated rings. The Kier molecular flexibility index (Phi) is 4.75. The molecule has 3 saturated carbocycles. The molecule has 3 aliphatic carbocycles. The molecule has 4 aromatic rings. The number of halogens is 2. The highest BCUT2D eigenvalue weighted by Gasteiger charge is 2.41. The molecule has 4 heterocycles. The van der Waals surface area contributed by atoms with Crippen LogP contribution in [0.2, 0.25) is 5.02 Å². The van der Waals surface area contributed by atoms with Crippen molar-refractivity contribution < 1.29 is 4.39 Å². The average molecular weight is 451 g/mol. The third-order valence-electron chi connectivity index (χ3n) is 7.62. The summed E-state index contributed by atoms with van der Waals surface area (Å²) in [4.78, 5) is 13.6. The monoisotopic (exact) mass is 450 g/mol. The van der Waals surface area contributed by atoms with E-state index in [1.165, 1.54) is 25.7 Å². The van der Waals surface area contributed by atoms with Gasteiger partial charge in [0.1, 0.15) is 5.69 Å². The summed E-state index contributed by atoms with van der Waals surface area (Å²) in [5, 5.41) is 8.47. The van der Waals surface area contributed by atoms with Gasteiger partial charge in [-0.2, -0.15) is 5.10 Å². The standard InChI is InChI=1S/C24H24ClFN6/c1-13-14-4-6-15(7-5-14)17(13)11-19-20(26)24(32-8-2-3-9-32)29-23(28-19)21-18-10-16(25)12-27-22(18)31-30-21/h2-3,8-10,12-15,17H,4-7,11H2,1H3,(H,27,30,31). The summed E-state index contributed by atoms with van der Waals surface area (Å²) in [6.07, 6.45) is 10.9. The Balaban J connectivity index is 1.48. The zero-order valence-electron chi connectivity index (χ0n) is 17.8. The van der Waals surface area contributed by atoms with E-state index in [1.54, 1.807) is 29.2 Å². The van der Waals surface area contributed by atoms with E-state index in [1.807, 2.05) is 12.1 Å². The molecular weight excluding hydrogens is 427 g/mol. The Morgan fingerprint density at radius 1 is 1.12 bits per heavy atom. The highest BCUT2D eigenvalue weighted by atomic mass is 35.5. The zero-order chi connectivity index (χ0) is 21.8. The number of nitrogens with one attached hydrogen (secondary N) is 1. The Hall–Kier alpha value is -2.80. The number of fused-ring (bicyclic) bond motifs is 4. The molecule has 164 valence electrons. The van der Waals surface area contributed by atoms with Gasteiger partial charge in [0.2, 0.25) is 0 Å². The van der Waals surface area contributed by atoms with E-state index in [-0.39, 0.29) is 11.6 Å². The van der Waals surface area contributed by atoms with E-state index in [0.717, 1.165) is 11.3 Å². The average Bonchev–Trinajstić information content (AvgIpc) is 3.48. The second-order valence-electron chi connectivity index (χ2n) is 9.25. The van der Waals surface area contributed by atoms with E-state index in [2.05, 4.69) is 27.1 Å². The van der Waals surface area contributed by atoms with Crippen LogP contribution < -0.4 is 0 Å². The molecule has 4 aromatic heterocycles. The smallest absolute Gasteiger partial charge is 0.187 e. The molecule has 7 rings (SSSR count). The highest BCUT2D eigenvalue weighted by Crippen LogP contribution is 2.49. The minimum Gasteiger partial charge on any atom is -0.306 e. The zero-order valence-corrected chi connectivity index (χ0v) is 18.6. The second-order valence-corrected chi connectivity index (χ2v) is 9.68. The fourth-order valence-corrected chi connectivity index (χ4v) is 6.03. The predicted molar refractivity (Wildman–Crippen MR) is 121 cm³/mol. The maximum absolute atomic E-state index is 15.8. The van der Waals surface area contributed by atoms with Crippen LogP contribution in [-0.4, -0.2) is 29.7 Å². The fourth-order valence-electron chi connectivity index (χ4n) is 5.87. The summed E-state index contributed by atoms with van der Waals surface area (Å²) >= 11 is 6.18. The van der Waals surface area contributed by atoms with Gasteiger partial charge in [0.25, 0.3) is 0 Å². The first kappa shape index (κ1) is 19.9. The van der Waals surface area contributed by atoms with Crippen molar-refractivity contribution in [2.45, 2.75) is 39.0 Å².